The quantitative estimate of drug-likeness (QED) is 0.782. The number of nitrogens with zero attached hydrogens (tertiary/aromatic N) is 2. The van der Waals surface area contributed by atoms with Gasteiger partial charge in [0.1, 0.15) is 6.10 Å². The summed E-state index contributed by atoms with van der Waals surface area (Å²) < 4.78 is 5.47. The summed E-state index contributed by atoms with van der Waals surface area (Å²) in [6.45, 7) is 4.74. The minimum Gasteiger partial charge on any atom is -0.368 e. The predicted molar refractivity (Wildman–Crippen MR) is 96.5 cm³/mol. The number of rotatable bonds is 6. The third-order valence-corrected chi connectivity index (χ3v) is 6.10. The van der Waals surface area contributed by atoms with Crippen LogP contribution in [0.25, 0.3) is 0 Å². The van der Waals surface area contributed by atoms with E-state index in [1.165, 1.54) is 4.88 Å². The molecular weight excluding hydrogens is 338 g/mol. The van der Waals surface area contributed by atoms with Crippen molar-refractivity contribution in [1.29, 1.82) is 0 Å². The Hall–Kier alpha value is -1.47. The summed E-state index contributed by atoms with van der Waals surface area (Å²) >= 11 is 1.68. The first-order valence-electron chi connectivity index (χ1n) is 9.22. The average molecular weight is 365 g/mol. The van der Waals surface area contributed by atoms with Gasteiger partial charge < -0.3 is 15.0 Å². The number of ether oxygens (including phenoxy) is 1. The molecule has 2 fully saturated rings. The molecule has 0 aromatic carbocycles. The topological polar surface area (TPSA) is 71.5 Å². The molecule has 1 aromatic rings. The maximum atomic E-state index is 12.3. The second-order valence-corrected chi connectivity index (χ2v) is 7.80. The van der Waals surface area contributed by atoms with Crippen molar-refractivity contribution in [2.75, 3.05) is 26.2 Å². The van der Waals surface area contributed by atoms with E-state index in [0.29, 0.717) is 26.2 Å². The van der Waals surface area contributed by atoms with Crippen molar-refractivity contribution in [1.82, 2.24) is 15.2 Å². The minimum absolute atomic E-state index is 0.0266. The molecule has 0 spiro atoms. The Morgan fingerprint density at radius 2 is 2.16 bits per heavy atom. The molecule has 2 amide bonds. The fourth-order valence-electron chi connectivity index (χ4n) is 3.51. The van der Waals surface area contributed by atoms with Crippen LogP contribution in [-0.2, 0) is 20.7 Å². The van der Waals surface area contributed by atoms with Crippen molar-refractivity contribution >= 4 is 23.2 Å². The van der Waals surface area contributed by atoms with Crippen LogP contribution in [-0.4, -0.2) is 54.0 Å². The molecule has 1 atom stereocenters. The Morgan fingerprint density at radius 3 is 2.80 bits per heavy atom. The number of likely N-dealkylation sites (tertiary alicyclic amines) is 1. The molecule has 1 aromatic heterocycles. The summed E-state index contributed by atoms with van der Waals surface area (Å²) in [5, 5.41) is 3.05. The van der Waals surface area contributed by atoms with Gasteiger partial charge >= 0.3 is 0 Å². The van der Waals surface area contributed by atoms with Gasteiger partial charge in [-0.1, -0.05) is 0 Å². The van der Waals surface area contributed by atoms with Crippen molar-refractivity contribution in [3.63, 3.8) is 0 Å². The number of piperidine rings is 1. The molecule has 2 aliphatic heterocycles. The highest BCUT2D eigenvalue weighted by atomic mass is 32.1. The molecule has 0 radical (unpaired) electrons. The summed E-state index contributed by atoms with van der Waals surface area (Å²) in [5.74, 6) is 0.264. The smallest absolute Gasteiger partial charge is 0.251 e. The molecule has 3 heterocycles. The van der Waals surface area contributed by atoms with Gasteiger partial charge in [-0.05, 0) is 45.4 Å². The summed E-state index contributed by atoms with van der Waals surface area (Å²) in [5.41, 5.74) is 2.97. The minimum atomic E-state index is -0.249. The first-order valence-corrected chi connectivity index (χ1v) is 10.1. The Balaban J connectivity index is 1.34. The second-order valence-electron chi connectivity index (χ2n) is 6.86. The lowest BCUT2D eigenvalue weighted by Crippen LogP contribution is -2.46. The number of nitrogens with one attached hydrogen (secondary N) is 1. The van der Waals surface area contributed by atoms with E-state index in [-0.39, 0.29) is 23.8 Å². The standard InChI is InChI=1S/C18H27N3O3S/c1-13-16(25-12-20-13)5-2-8-19-17(22)14-6-9-21(10-7-14)18(23)15-4-3-11-24-15/h12,14-15H,2-11H2,1H3,(H,19,22). The van der Waals surface area contributed by atoms with Crippen molar-refractivity contribution < 1.29 is 14.3 Å². The first-order chi connectivity index (χ1) is 12.1. The van der Waals surface area contributed by atoms with Crippen LogP contribution >= 0.6 is 11.3 Å². The normalized spacial score (nSPS) is 21.5. The highest BCUT2D eigenvalue weighted by Gasteiger charge is 2.32. The molecular formula is C18H27N3O3S. The van der Waals surface area contributed by atoms with Crippen LogP contribution in [0.5, 0.6) is 0 Å². The first kappa shape index (κ1) is 18.3. The summed E-state index contributed by atoms with van der Waals surface area (Å²) in [6, 6.07) is 0. The summed E-state index contributed by atoms with van der Waals surface area (Å²) in [4.78, 5) is 32.0. The summed E-state index contributed by atoms with van der Waals surface area (Å²) in [6.07, 6.45) is 4.95. The molecule has 1 N–H and O–H groups in total. The molecule has 3 rings (SSSR count). The fourth-order valence-corrected chi connectivity index (χ4v) is 4.33. The number of hydrogen-bond acceptors (Lipinski definition) is 5. The number of aromatic nitrogens is 1. The van der Waals surface area contributed by atoms with Crippen molar-refractivity contribution in [2.24, 2.45) is 5.92 Å². The SMILES string of the molecule is Cc1ncsc1CCCNC(=O)C1CCN(C(=O)C2CCCO2)CC1. The molecule has 138 valence electrons. The molecule has 0 saturated carbocycles. The van der Waals surface area contributed by atoms with Gasteiger partial charge in [-0.25, -0.2) is 4.98 Å². The zero-order valence-corrected chi connectivity index (χ0v) is 15.6. The third kappa shape index (κ3) is 4.79. The molecule has 25 heavy (non-hydrogen) atoms. The van der Waals surface area contributed by atoms with Crippen LogP contribution in [0.2, 0.25) is 0 Å². The Morgan fingerprint density at radius 1 is 1.36 bits per heavy atom. The lowest BCUT2D eigenvalue weighted by Gasteiger charge is -2.32. The molecule has 6 nitrogen and oxygen atoms in total. The maximum absolute atomic E-state index is 12.3. The number of aryl methyl sites for hydroxylation is 2. The van der Waals surface area contributed by atoms with Gasteiger partial charge in [0.15, 0.2) is 0 Å². The lowest BCUT2D eigenvalue weighted by atomic mass is 9.95. The Labute approximate surface area is 153 Å². The molecule has 2 aliphatic rings. The Kier molecular flexibility index (Phi) is 6.42. The van der Waals surface area contributed by atoms with Crippen molar-refractivity contribution in [2.45, 2.75) is 51.6 Å². The van der Waals surface area contributed by atoms with Gasteiger partial charge in [0.2, 0.25) is 5.91 Å². The molecule has 0 aliphatic carbocycles. The number of carbonyl (C=O) groups is 2. The van der Waals surface area contributed by atoms with E-state index in [9.17, 15) is 9.59 Å². The van der Waals surface area contributed by atoms with Gasteiger partial charge in [-0.3, -0.25) is 9.59 Å². The van der Waals surface area contributed by atoms with Gasteiger partial charge in [-0.2, -0.15) is 0 Å². The number of carbonyl (C=O) groups excluding carboxylic acids is 2. The zero-order chi connectivity index (χ0) is 17.6. The highest BCUT2D eigenvalue weighted by Crippen LogP contribution is 2.21. The van der Waals surface area contributed by atoms with Crippen molar-refractivity contribution in [3.05, 3.63) is 16.1 Å². The number of thiazole rings is 1. The zero-order valence-electron chi connectivity index (χ0n) is 14.8. The van der Waals surface area contributed by atoms with Crippen LogP contribution < -0.4 is 5.32 Å². The molecule has 1 unspecified atom stereocenters. The van der Waals surface area contributed by atoms with E-state index >= 15 is 0 Å². The second kappa shape index (κ2) is 8.76. The van der Waals surface area contributed by atoms with E-state index < -0.39 is 0 Å². The molecule has 7 heteroatoms. The monoisotopic (exact) mass is 365 g/mol. The average Bonchev–Trinajstić information content (AvgIpc) is 3.30. The fraction of sp³-hybridized carbons (Fsp3) is 0.722. The van der Waals surface area contributed by atoms with Gasteiger partial charge in [-0.15, -0.1) is 11.3 Å². The van der Waals surface area contributed by atoms with E-state index in [1.54, 1.807) is 11.3 Å². The molecule has 0 bridgehead atoms. The van der Waals surface area contributed by atoms with Crippen LogP contribution in [0.3, 0.4) is 0 Å². The largest absolute Gasteiger partial charge is 0.368 e. The van der Waals surface area contributed by atoms with Crippen LogP contribution in [0.4, 0.5) is 0 Å². The molecule has 2 saturated heterocycles. The third-order valence-electron chi connectivity index (χ3n) is 5.11. The predicted octanol–water partition coefficient (Wildman–Crippen LogP) is 1.92. The van der Waals surface area contributed by atoms with Gasteiger partial charge in [0, 0.05) is 37.0 Å². The van der Waals surface area contributed by atoms with Crippen LogP contribution in [0.15, 0.2) is 5.51 Å². The Bertz CT molecular complexity index is 590. The lowest BCUT2D eigenvalue weighted by molar-refractivity contribution is -0.143. The van der Waals surface area contributed by atoms with E-state index in [2.05, 4.69) is 10.3 Å². The van der Waals surface area contributed by atoms with E-state index in [4.69, 9.17) is 4.74 Å². The van der Waals surface area contributed by atoms with Gasteiger partial charge in [0.05, 0.1) is 11.2 Å². The van der Waals surface area contributed by atoms with Gasteiger partial charge in [0.25, 0.3) is 5.91 Å². The van der Waals surface area contributed by atoms with Crippen LogP contribution in [0.1, 0.15) is 42.7 Å². The number of hydrogen-bond donors (Lipinski definition) is 1. The van der Waals surface area contributed by atoms with Crippen molar-refractivity contribution in [3.8, 4) is 0 Å². The number of amides is 2. The summed E-state index contributed by atoms with van der Waals surface area (Å²) in [7, 11) is 0. The van der Waals surface area contributed by atoms with Crippen LogP contribution in [0, 0.1) is 12.8 Å². The van der Waals surface area contributed by atoms with E-state index in [0.717, 1.165) is 44.2 Å². The maximum Gasteiger partial charge on any atom is 0.251 e. The highest BCUT2D eigenvalue weighted by molar-refractivity contribution is 7.09. The van der Waals surface area contributed by atoms with E-state index in [1.807, 2.05) is 17.3 Å².